The number of rotatable bonds is 9. The standard InChI is InChI=1S/C15H19N3O4.C12H15N3O4/c1-15(2)21-9-10(22-15)6-7-18-13(19)8-16-11-4-5-12(20-3)17-14(11)18;1-19-10-3-2-9-12(14-10)15(11(18)6-13-9)5-4-8(17)7-16/h4-5,8,10H,6-7,9H2,1-3H3;2-3,6,8,16-17H,4-5,7H2,1H3/t10-;8-/m11/s1. The zero-order chi connectivity index (χ0) is 29.6. The summed E-state index contributed by atoms with van der Waals surface area (Å²) in [6.07, 6.45) is 2.56. The Hall–Kier alpha value is -3.98. The fraction of sp³-hybridized carbons (Fsp3) is 0.481. The van der Waals surface area contributed by atoms with E-state index in [1.54, 1.807) is 35.9 Å². The van der Waals surface area contributed by atoms with Crippen LogP contribution in [0.4, 0.5) is 0 Å². The molecule has 41 heavy (non-hydrogen) atoms. The molecule has 1 aliphatic rings. The molecule has 0 spiro atoms. The van der Waals surface area contributed by atoms with E-state index in [4.69, 9.17) is 24.1 Å². The first kappa shape index (κ1) is 30.0. The molecule has 1 fully saturated rings. The molecule has 2 N–H and O–H groups in total. The molecule has 1 saturated heterocycles. The first-order valence-corrected chi connectivity index (χ1v) is 13.1. The van der Waals surface area contributed by atoms with Crippen LogP contribution in [-0.4, -0.2) is 84.7 Å². The molecule has 14 heteroatoms. The lowest BCUT2D eigenvalue weighted by atomic mass is 10.2. The predicted octanol–water partition coefficient (Wildman–Crippen LogP) is 0.885. The first-order chi connectivity index (χ1) is 19.6. The van der Waals surface area contributed by atoms with E-state index in [0.29, 0.717) is 53.7 Å². The van der Waals surface area contributed by atoms with Crippen molar-refractivity contribution in [1.29, 1.82) is 0 Å². The molecule has 5 heterocycles. The van der Waals surface area contributed by atoms with Crippen molar-refractivity contribution in [2.24, 2.45) is 0 Å². The number of hydrogen-bond donors (Lipinski definition) is 2. The van der Waals surface area contributed by atoms with Crippen LogP contribution in [0.15, 0.2) is 46.2 Å². The Kier molecular flexibility index (Phi) is 9.60. The Morgan fingerprint density at radius 3 is 1.95 bits per heavy atom. The minimum absolute atomic E-state index is 0.0317. The number of nitrogens with zero attached hydrogens (tertiary/aromatic N) is 6. The average molecular weight is 571 g/mol. The van der Waals surface area contributed by atoms with Crippen molar-refractivity contribution < 1.29 is 29.2 Å². The van der Waals surface area contributed by atoms with E-state index in [1.165, 1.54) is 24.1 Å². The largest absolute Gasteiger partial charge is 0.481 e. The molecule has 4 aromatic rings. The Balaban J connectivity index is 0.000000191. The summed E-state index contributed by atoms with van der Waals surface area (Å²) >= 11 is 0. The molecule has 5 rings (SSSR count). The topological polar surface area (TPSA) is 173 Å². The zero-order valence-electron chi connectivity index (χ0n) is 23.4. The lowest BCUT2D eigenvalue weighted by Crippen LogP contribution is -2.25. The van der Waals surface area contributed by atoms with Gasteiger partial charge in [-0.05, 0) is 38.8 Å². The van der Waals surface area contributed by atoms with Gasteiger partial charge in [-0.1, -0.05) is 0 Å². The van der Waals surface area contributed by atoms with Gasteiger partial charge in [0, 0.05) is 25.2 Å². The smallest absolute Gasteiger partial charge is 0.270 e. The van der Waals surface area contributed by atoms with Crippen LogP contribution in [0.25, 0.3) is 22.3 Å². The van der Waals surface area contributed by atoms with Crippen LogP contribution in [0.2, 0.25) is 0 Å². The number of pyridine rings is 2. The molecule has 0 amide bonds. The quantitative estimate of drug-likeness (QED) is 0.291. The third-order valence-corrected chi connectivity index (χ3v) is 6.39. The Labute approximate surface area is 235 Å². The molecule has 0 radical (unpaired) electrons. The van der Waals surface area contributed by atoms with Gasteiger partial charge in [0.05, 0.1) is 52.0 Å². The molecule has 220 valence electrons. The Bertz CT molecular complexity index is 1600. The van der Waals surface area contributed by atoms with Crippen LogP contribution in [0.5, 0.6) is 11.8 Å². The van der Waals surface area contributed by atoms with Crippen molar-refractivity contribution >= 4 is 22.3 Å². The molecule has 0 saturated carbocycles. The highest BCUT2D eigenvalue weighted by atomic mass is 16.7. The minimum atomic E-state index is -0.860. The number of methoxy groups -OCH3 is 2. The predicted molar refractivity (Wildman–Crippen MR) is 148 cm³/mol. The van der Waals surface area contributed by atoms with Crippen molar-refractivity contribution in [1.82, 2.24) is 29.1 Å². The summed E-state index contributed by atoms with van der Waals surface area (Å²) in [6.45, 7) is 4.69. The number of aliphatic hydroxyl groups excluding tert-OH is 2. The summed E-state index contributed by atoms with van der Waals surface area (Å²) < 4.78 is 24.5. The SMILES string of the molecule is COc1ccc2ncc(=O)n(CC[C@@H](O)CO)c2n1.COc1ccc2ncc(=O)n(CC[C@@H]3COC(C)(C)O3)c2n1. The molecule has 4 aromatic heterocycles. The highest BCUT2D eigenvalue weighted by Crippen LogP contribution is 2.24. The van der Waals surface area contributed by atoms with Crippen molar-refractivity contribution in [2.75, 3.05) is 27.4 Å². The fourth-order valence-electron chi connectivity index (χ4n) is 4.25. The van der Waals surface area contributed by atoms with E-state index in [1.807, 2.05) is 13.8 Å². The van der Waals surface area contributed by atoms with Gasteiger partial charge in [-0.2, -0.15) is 9.97 Å². The third-order valence-electron chi connectivity index (χ3n) is 6.39. The van der Waals surface area contributed by atoms with Gasteiger partial charge in [-0.25, -0.2) is 9.97 Å². The summed E-state index contributed by atoms with van der Waals surface area (Å²) in [5.41, 5.74) is 1.65. The number of aliphatic hydroxyl groups is 2. The molecule has 0 bridgehead atoms. The third kappa shape index (κ3) is 7.41. The van der Waals surface area contributed by atoms with Gasteiger partial charge >= 0.3 is 0 Å². The zero-order valence-corrected chi connectivity index (χ0v) is 23.4. The molecule has 2 atom stereocenters. The lowest BCUT2D eigenvalue weighted by Gasteiger charge is -2.17. The van der Waals surface area contributed by atoms with Gasteiger partial charge in [0.2, 0.25) is 11.8 Å². The van der Waals surface area contributed by atoms with Crippen molar-refractivity contribution in [2.45, 2.75) is 57.8 Å². The first-order valence-electron chi connectivity index (χ1n) is 13.1. The van der Waals surface area contributed by atoms with Crippen LogP contribution < -0.4 is 20.6 Å². The van der Waals surface area contributed by atoms with E-state index in [0.717, 1.165) is 0 Å². The van der Waals surface area contributed by atoms with Crippen molar-refractivity contribution in [3.05, 3.63) is 57.4 Å². The molecule has 1 aliphatic heterocycles. The van der Waals surface area contributed by atoms with E-state index in [-0.39, 0.29) is 36.8 Å². The Morgan fingerprint density at radius 1 is 0.951 bits per heavy atom. The van der Waals surface area contributed by atoms with Crippen LogP contribution in [0, 0.1) is 0 Å². The highest BCUT2D eigenvalue weighted by molar-refractivity contribution is 5.71. The number of fused-ring (bicyclic) bond motifs is 2. The molecule has 14 nitrogen and oxygen atoms in total. The van der Waals surface area contributed by atoms with E-state index in [2.05, 4.69) is 19.9 Å². The van der Waals surface area contributed by atoms with Gasteiger partial charge in [0.25, 0.3) is 11.1 Å². The van der Waals surface area contributed by atoms with Gasteiger partial charge in [-0.3, -0.25) is 18.7 Å². The molecular formula is C27H34N6O8. The summed E-state index contributed by atoms with van der Waals surface area (Å²) in [6, 6.07) is 6.88. The second kappa shape index (κ2) is 13.1. The number of aromatic nitrogens is 6. The monoisotopic (exact) mass is 570 g/mol. The fourth-order valence-corrected chi connectivity index (χ4v) is 4.25. The van der Waals surface area contributed by atoms with Crippen LogP contribution in [-0.2, 0) is 22.6 Å². The minimum Gasteiger partial charge on any atom is -0.481 e. The maximum atomic E-state index is 12.1. The van der Waals surface area contributed by atoms with E-state index in [9.17, 15) is 14.7 Å². The number of hydrogen-bond acceptors (Lipinski definition) is 12. The Morgan fingerprint density at radius 2 is 1.49 bits per heavy atom. The van der Waals surface area contributed by atoms with Crippen LogP contribution >= 0.6 is 0 Å². The van der Waals surface area contributed by atoms with Crippen LogP contribution in [0.1, 0.15) is 26.7 Å². The second-order valence-corrected chi connectivity index (χ2v) is 9.75. The molecule has 0 aliphatic carbocycles. The van der Waals surface area contributed by atoms with E-state index >= 15 is 0 Å². The summed E-state index contributed by atoms with van der Waals surface area (Å²) in [4.78, 5) is 40.6. The number of ether oxygens (including phenoxy) is 4. The maximum Gasteiger partial charge on any atom is 0.270 e. The summed E-state index contributed by atoms with van der Waals surface area (Å²) in [7, 11) is 3.03. The van der Waals surface area contributed by atoms with Gasteiger partial charge in [-0.15, -0.1) is 0 Å². The maximum absolute atomic E-state index is 12.1. The molecule has 0 unspecified atom stereocenters. The van der Waals surface area contributed by atoms with Crippen molar-refractivity contribution in [3.8, 4) is 11.8 Å². The summed E-state index contributed by atoms with van der Waals surface area (Å²) in [5, 5.41) is 18.1. The molecular weight excluding hydrogens is 536 g/mol. The van der Waals surface area contributed by atoms with Crippen molar-refractivity contribution in [3.63, 3.8) is 0 Å². The van der Waals surface area contributed by atoms with Gasteiger partial charge in [0.15, 0.2) is 17.1 Å². The van der Waals surface area contributed by atoms with Gasteiger partial charge in [0.1, 0.15) is 11.0 Å². The summed E-state index contributed by atoms with van der Waals surface area (Å²) in [5.74, 6) is 0.281. The van der Waals surface area contributed by atoms with Crippen LogP contribution in [0.3, 0.4) is 0 Å². The molecule has 0 aromatic carbocycles. The average Bonchev–Trinajstić information content (AvgIpc) is 3.33. The second-order valence-electron chi connectivity index (χ2n) is 9.75. The number of aryl methyl sites for hydroxylation is 2. The van der Waals surface area contributed by atoms with E-state index < -0.39 is 11.9 Å². The lowest BCUT2D eigenvalue weighted by molar-refractivity contribution is -0.139. The normalized spacial score (nSPS) is 16.8. The van der Waals surface area contributed by atoms with Gasteiger partial charge < -0.3 is 29.2 Å². The highest BCUT2D eigenvalue weighted by Gasteiger charge is 2.32.